The van der Waals surface area contributed by atoms with Crippen LogP contribution < -0.4 is 10.2 Å². The summed E-state index contributed by atoms with van der Waals surface area (Å²) in [5, 5.41) is 0.503. The first-order valence-electron chi connectivity index (χ1n) is 11.6. The summed E-state index contributed by atoms with van der Waals surface area (Å²) in [6.45, 7) is 7.66. The largest absolute Gasteiger partial charge is 0.494 e. The summed E-state index contributed by atoms with van der Waals surface area (Å²) in [5.41, 5.74) is 3.56. The summed E-state index contributed by atoms with van der Waals surface area (Å²) in [5.74, 6) is 0.603. The van der Waals surface area contributed by atoms with Gasteiger partial charge in [0.2, 0.25) is 5.76 Å². The van der Waals surface area contributed by atoms with Crippen LogP contribution >= 0.6 is 0 Å². The third kappa shape index (κ3) is 4.40. The van der Waals surface area contributed by atoms with E-state index in [1.807, 2.05) is 50.2 Å². The Hall–Kier alpha value is -3.12. The molecule has 0 bridgehead atoms. The number of amides is 1. The molecule has 2 aromatic carbocycles. The molecule has 1 atom stereocenters. The second kappa shape index (κ2) is 9.79. The van der Waals surface area contributed by atoms with Gasteiger partial charge in [0.05, 0.1) is 23.6 Å². The molecule has 0 radical (unpaired) electrons. The number of rotatable bonds is 9. The molecule has 0 spiro atoms. The molecule has 1 aromatic heterocycles. The molecule has 6 heteroatoms. The highest BCUT2D eigenvalue weighted by Crippen LogP contribution is 2.39. The average molecular weight is 450 g/mol. The number of nitrogens with zero attached hydrogens (tertiary/aromatic N) is 1. The summed E-state index contributed by atoms with van der Waals surface area (Å²) in [6.07, 6.45) is 2.67. The predicted molar refractivity (Wildman–Crippen MR) is 128 cm³/mol. The summed E-state index contributed by atoms with van der Waals surface area (Å²) < 4.78 is 17.2. The van der Waals surface area contributed by atoms with Crippen LogP contribution in [0.4, 0.5) is 0 Å². The van der Waals surface area contributed by atoms with E-state index in [-0.39, 0.29) is 17.1 Å². The van der Waals surface area contributed by atoms with Gasteiger partial charge in [-0.25, -0.2) is 0 Å². The van der Waals surface area contributed by atoms with Crippen LogP contribution in [0.15, 0.2) is 45.6 Å². The highest BCUT2D eigenvalue weighted by atomic mass is 16.5. The molecule has 2 heterocycles. The lowest BCUT2D eigenvalue weighted by atomic mass is 9.97. The molecular weight excluding hydrogens is 418 g/mol. The van der Waals surface area contributed by atoms with Gasteiger partial charge >= 0.3 is 0 Å². The fourth-order valence-corrected chi connectivity index (χ4v) is 4.34. The molecule has 0 N–H and O–H groups in total. The maximum atomic E-state index is 13.7. The van der Waals surface area contributed by atoms with E-state index in [4.69, 9.17) is 13.9 Å². The molecule has 0 fully saturated rings. The lowest BCUT2D eigenvalue weighted by molar-refractivity contribution is 0.0707. The Balaban J connectivity index is 1.84. The smallest absolute Gasteiger partial charge is 0.290 e. The van der Waals surface area contributed by atoms with Gasteiger partial charge in [-0.3, -0.25) is 9.59 Å². The molecule has 0 saturated carbocycles. The molecule has 33 heavy (non-hydrogen) atoms. The van der Waals surface area contributed by atoms with E-state index in [2.05, 4.69) is 6.92 Å². The van der Waals surface area contributed by atoms with E-state index in [1.165, 1.54) is 0 Å². The molecule has 174 valence electrons. The van der Waals surface area contributed by atoms with Crippen molar-refractivity contribution in [3.05, 3.63) is 74.6 Å². The van der Waals surface area contributed by atoms with Gasteiger partial charge in [0.25, 0.3) is 5.91 Å². The van der Waals surface area contributed by atoms with Gasteiger partial charge in [-0.2, -0.15) is 0 Å². The summed E-state index contributed by atoms with van der Waals surface area (Å²) in [4.78, 5) is 28.8. The molecule has 4 rings (SSSR count). The number of hydrogen-bond donors (Lipinski definition) is 0. The zero-order valence-corrected chi connectivity index (χ0v) is 19.8. The van der Waals surface area contributed by atoms with E-state index in [1.54, 1.807) is 12.0 Å². The van der Waals surface area contributed by atoms with E-state index < -0.39 is 6.04 Å². The van der Waals surface area contributed by atoms with Crippen molar-refractivity contribution in [3.8, 4) is 5.75 Å². The Morgan fingerprint density at radius 2 is 1.82 bits per heavy atom. The fraction of sp³-hybridized carbons (Fsp3) is 0.407. The first kappa shape index (κ1) is 23.1. The molecule has 3 aromatic rings. The van der Waals surface area contributed by atoms with Gasteiger partial charge < -0.3 is 18.8 Å². The summed E-state index contributed by atoms with van der Waals surface area (Å²) in [6, 6.07) is 10.8. The number of carbonyl (C=O) groups is 1. The lowest BCUT2D eigenvalue weighted by Crippen LogP contribution is -2.31. The minimum absolute atomic E-state index is 0.135. The topological polar surface area (TPSA) is 69.0 Å². The second-order valence-electron chi connectivity index (χ2n) is 8.63. The van der Waals surface area contributed by atoms with Gasteiger partial charge in [0.15, 0.2) is 5.43 Å². The van der Waals surface area contributed by atoms with Gasteiger partial charge in [-0.05, 0) is 67.6 Å². The van der Waals surface area contributed by atoms with Crippen molar-refractivity contribution in [3.63, 3.8) is 0 Å². The van der Waals surface area contributed by atoms with Crippen LogP contribution in [-0.4, -0.2) is 37.7 Å². The molecule has 1 aliphatic heterocycles. The van der Waals surface area contributed by atoms with Gasteiger partial charge in [0.1, 0.15) is 11.3 Å². The Labute approximate surface area is 194 Å². The number of benzene rings is 2. The lowest BCUT2D eigenvalue weighted by Gasteiger charge is -2.25. The Bertz CT molecular complexity index is 1230. The van der Waals surface area contributed by atoms with Crippen LogP contribution in [-0.2, 0) is 4.74 Å². The molecule has 6 nitrogen and oxygen atoms in total. The van der Waals surface area contributed by atoms with Crippen molar-refractivity contribution >= 4 is 16.9 Å². The van der Waals surface area contributed by atoms with E-state index in [0.717, 1.165) is 35.3 Å². The van der Waals surface area contributed by atoms with Crippen LogP contribution in [0.1, 0.15) is 65.0 Å². The third-order valence-corrected chi connectivity index (χ3v) is 6.27. The number of fused-ring (bicyclic) bond motifs is 2. The number of aryl methyl sites for hydroxylation is 2. The Kier molecular flexibility index (Phi) is 6.84. The van der Waals surface area contributed by atoms with E-state index >= 15 is 0 Å². The highest BCUT2D eigenvalue weighted by Gasteiger charge is 2.42. The maximum Gasteiger partial charge on any atom is 0.290 e. The van der Waals surface area contributed by atoms with Crippen LogP contribution in [0.2, 0.25) is 0 Å². The molecule has 0 saturated heterocycles. The molecular formula is C27H31NO5. The van der Waals surface area contributed by atoms with Crippen molar-refractivity contribution < 1.29 is 18.7 Å². The normalized spacial score (nSPS) is 15.3. The first-order chi connectivity index (χ1) is 16.0. The van der Waals surface area contributed by atoms with Crippen molar-refractivity contribution in [2.75, 3.05) is 26.9 Å². The van der Waals surface area contributed by atoms with Crippen molar-refractivity contribution in [1.29, 1.82) is 0 Å². The van der Waals surface area contributed by atoms with Gasteiger partial charge in [-0.15, -0.1) is 0 Å². The monoisotopic (exact) mass is 449 g/mol. The molecule has 1 unspecified atom stereocenters. The Morgan fingerprint density at radius 1 is 1.03 bits per heavy atom. The molecule has 0 aliphatic carbocycles. The highest BCUT2D eigenvalue weighted by molar-refractivity contribution is 5.99. The molecule has 1 amide bonds. The standard InChI is InChI=1S/C27H31NO5/c1-5-6-13-32-20-10-7-9-19(16-20)24-23-25(29)21-14-17(2)18(3)15-22(21)33-26(23)27(30)28(24)11-8-12-31-4/h7,9-10,14-16,24H,5-6,8,11-13H2,1-4H3. The zero-order valence-electron chi connectivity index (χ0n) is 19.8. The third-order valence-electron chi connectivity index (χ3n) is 6.27. The van der Waals surface area contributed by atoms with Crippen molar-refractivity contribution in [1.82, 2.24) is 4.90 Å². The molecule has 1 aliphatic rings. The van der Waals surface area contributed by atoms with Crippen LogP contribution in [0.25, 0.3) is 11.0 Å². The van der Waals surface area contributed by atoms with E-state index in [0.29, 0.717) is 42.7 Å². The van der Waals surface area contributed by atoms with Gasteiger partial charge in [0, 0.05) is 20.3 Å². The number of hydrogen-bond acceptors (Lipinski definition) is 5. The van der Waals surface area contributed by atoms with Gasteiger partial charge in [-0.1, -0.05) is 25.5 Å². The van der Waals surface area contributed by atoms with Crippen LogP contribution in [0.3, 0.4) is 0 Å². The maximum absolute atomic E-state index is 13.7. The van der Waals surface area contributed by atoms with E-state index in [9.17, 15) is 9.59 Å². The number of methoxy groups -OCH3 is 1. The van der Waals surface area contributed by atoms with Crippen LogP contribution in [0.5, 0.6) is 5.75 Å². The summed E-state index contributed by atoms with van der Waals surface area (Å²) in [7, 11) is 1.64. The summed E-state index contributed by atoms with van der Waals surface area (Å²) >= 11 is 0. The quantitative estimate of drug-likeness (QED) is 0.422. The average Bonchev–Trinajstić information content (AvgIpc) is 3.08. The van der Waals surface area contributed by atoms with Crippen LogP contribution in [0, 0.1) is 13.8 Å². The SMILES string of the molecule is CCCCOc1cccc(C2c3c(oc4cc(C)c(C)cc4c3=O)C(=O)N2CCCOC)c1. The zero-order chi connectivity index (χ0) is 23.5. The minimum atomic E-state index is -0.527. The predicted octanol–water partition coefficient (Wildman–Crippen LogP) is 5.17. The fourth-order valence-electron chi connectivity index (χ4n) is 4.34. The Morgan fingerprint density at radius 3 is 2.58 bits per heavy atom. The number of unbranched alkanes of at least 4 members (excludes halogenated alkanes) is 1. The van der Waals surface area contributed by atoms with Crippen molar-refractivity contribution in [2.24, 2.45) is 0 Å². The first-order valence-corrected chi connectivity index (χ1v) is 11.6. The minimum Gasteiger partial charge on any atom is -0.494 e. The van der Waals surface area contributed by atoms with Crippen molar-refractivity contribution in [2.45, 2.75) is 46.1 Å². The second-order valence-corrected chi connectivity index (χ2v) is 8.63. The number of ether oxygens (including phenoxy) is 2. The number of carbonyl (C=O) groups excluding carboxylic acids is 1.